The van der Waals surface area contributed by atoms with Gasteiger partial charge in [-0.05, 0) is 42.7 Å². The van der Waals surface area contributed by atoms with E-state index in [0.29, 0.717) is 0 Å². The molecule has 2 rings (SSSR count). The zero-order valence-corrected chi connectivity index (χ0v) is 10.7. The van der Waals surface area contributed by atoms with Crippen LogP contribution in [0.3, 0.4) is 0 Å². The van der Waals surface area contributed by atoms with Crippen molar-refractivity contribution in [3.63, 3.8) is 0 Å². The molecule has 0 radical (unpaired) electrons. The van der Waals surface area contributed by atoms with Crippen LogP contribution in [-0.2, 0) is 6.42 Å². The van der Waals surface area contributed by atoms with Gasteiger partial charge in [0.25, 0.3) is 0 Å². The third-order valence-electron chi connectivity index (χ3n) is 2.88. The second-order valence-corrected chi connectivity index (χ2v) is 4.28. The van der Waals surface area contributed by atoms with Crippen LogP contribution in [-0.4, -0.2) is 18.2 Å². The number of pyridine rings is 1. The third-order valence-corrected chi connectivity index (χ3v) is 2.88. The molecule has 2 nitrogen and oxygen atoms in total. The van der Waals surface area contributed by atoms with E-state index in [1.165, 1.54) is 16.7 Å². The van der Waals surface area contributed by atoms with Gasteiger partial charge in [-0.15, -0.1) is 0 Å². The number of nitrogens with zero attached hydrogens (tertiary/aromatic N) is 2. The molecular formula is C16H18N2. The van der Waals surface area contributed by atoms with Crippen molar-refractivity contribution in [1.29, 1.82) is 0 Å². The number of hydrogen-bond acceptors (Lipinski definition) is 2. The average Bonchev–Trinajstić information content (AvgIpc) is 2.45. The van der Waals surface area contributed by atoms with E-state index in [-0.39, 0.29) is 0 Å². The Labute approximate surface area is 108 Å². The van der Waals surface area contributed by atoms with Crippen LogP contribution in [0.5, 0.6) is 0 Å². The highest BCUT2D eigenvalue weighted by Gasteiger charge is 1.99. The van der Waals surface area contributed by atoms with Gasteiger partial charge in [0, 0.05) is 25.0 Å². The third kappa shape index (κ3) is 3.52. The average molecular weight is 238 g/mol. The summed E-state index contributed by atoms with van der Waals surface area (Å²) in [6, 6.07) is 12.6. The molecule has 0 aliphatic heterocycles. The van der Waals surface area contributed by atoms with Gasteiger partial charge in [0.2, 0.25) is 0 Å². The Kier molecular flexibility index (Phi) is 4.65. The minimum absolute atomic E-state index is 1.03. The summed E-state index contributed by atoms with van der Waals surface area (Å²) in [4.78, 5) is 8.32. The lowest BCUT2D eigenvalue weighted by Crippen LogP contribution is -1.89. The van der Waals surface area contributed by atoms with E-state index in [4.69, 9.17) is 0 Å². The van der Waals surface area contributed by atoms with E-state index in [2.05, 4.69) is 40.3 Å². The highest BCUT2D eigenvalue weighted by atomic mass is 14.6. The van der Waals surface area contributed by atoms with E-state index in [9.17, 15) is 0 Å². The first-order chi connectivity index (χ1) is 8.90. The van der Waals surface area contributed by atoms with Gasteiger partial charge in [-0.1, -0.05) is 30.3 Å². The van der Waals surface area contributed by atoms with Gasteiger partial charge >= 0.3 is 0 Å². The van der Waals surface area contributed by atoms with Gasteiger partial charge in [0.15, 0.2) is 0 Å². The molecule has 0 spiro atoms. The van der Waals surface area contributed by atoms with Crippen molar-refractivity contribution in [2.75, 3.05) is 7.05 Å². The maximum atomic E-state index is 4.33. The monoisotopic (exact) mass is 238 g/mol. The topological polar surface area (TPSA) is 25.2 Å². The van der Waals surface area contributed by atoms with Gasteiger partial charge in [-0.2, -0.15) is 0 Å². The highest BCUT2D eigenvalue weighted by molar-refractivity contribution is 5.62. The predicted molar refractivity (Wildman–Crippen MR) is 77.0 cm³/mol. The van der Waals surface area contributed by atoms with Crippen molar-refractivity contribution >= 4 is 6.21 Å². The summed E-state index contributed by atoms with van der Waals surface area (Å²) in [7, 11) is 1.82. The maximum Gasteiger partial charge on any atom is 0.0346 e. The van der Waals surface area contributed by atoms with Crippen molar-refractivity contribution in [3.8, 4) is 11.1 Å². The SMILES string of the molecule is CN=CCCCc1cncc(-c2ccccc2)c1. The Morgan fingerprint density at radius 2 is 1.94 bits per heavy atom. The maximum absolute atomic E-state index is 4.33. The number of aliphatic imine (C=N–C) groups is 1. The van der Waals surface area contributed by atoms with E-state index in [1.807, 2.05) is 31.7 Å². The molecule has 0 N–H and O–H groups in total. The minimum Gasteiger partial charge on any atom is -0.301 e. The largest absolute Gasteiger partial charge is 0.301 e. The Hall–Kier alpha value is -1.96. The molecule has 1 aromatic carbocycles. The van der Waals surface area contributed by atoms with Gasteiger partial charge in [-0.3, -0.25) is 4.98 Å². The molecule has 0 aliphatic carbocycles. The number of aryl methyl sites for hydroxylation is 1. The van der Waals surface area contributed by atoms with Crippen LogP contribution in [0.4, 0.5) is 0 Å². The molecule has 0 unspecified atom stereocenters. The molecule has 0 fully saturated rings. The summed E-state index contributed by atoms with van der Waals surface area (Å²) in [5, 5.41) is 0. The Morgan fingerprint density at radius 3 is 2.72 bits per heavy atom. The van der Waals surface area contributed by atoms with Crippen molar-refractivity contribution < 1.29 is 0 Å². The fraction of sp³-hybridized carbons (Fsp3) is 0.250. The molecule has 2 aromatic rings. The molecule has 92 valence electrons. The fourth-order valence-corrected chi connectivity index (χ4v) is 1.94. The van der Waals surface area contributed by atoms with Gasteiger partial charge in [0.1, 0.15) is 0 Å². The molecule has 0 amide bonds. The molecule has 0 saturated heterocycles. The first kappa shape index (κ1) is 12.5. The molecular weight excluding hydrogens is 220 g/mol. The Morgan fingerprint density at radius 1 is 1.11 bits per heavy atom. The summed E-state index contributed by atoms with van der Waals surface area (Å²) in [6.07, 6.45) is 9.05. The normalized spacial score (nSPS) is 10.9. The molecule has 1 heterocycles. The summed E-state index contributed by atoms with van der Waals surface area (Å²) >= 11 is 0. The number of aromatic nitrogens is 1. The highest BCUT2D eigenvalue weighted by Crippen LogP contribution is 2.19. The summed E-state index contributed by atoms with van der Waals surface area (Å²) < 4.78 is 0. The van der Waals surface area contributed by atoms with E-state index in [0.717, 1.165) is 19.3 Å². The van der Waals surface area contributed by atoms with Crippen molar-refractivity contribution in [2.24, 2.45) is 4.99 Å². The molecule has 0 bridgehead atoms. The first-order valence-electron chi connectivity index (χ1n) is 6.30. The van der Waals surface area contributed by atoms with Gasteiger partial charge in [0.05, 0.1) is 0 Å². The predicted octanol–water partition coefficient (Wildman–Crippen LogP) is 3.77. The van der Waals surface area contributed by atoms with Crippen LogP contribution in [0, 0.1) is 0 Å². The summed E-state index contributed by atoms with van der Waals surface area (Å²) in [6.45, 7) is 0. The standard InChI is InChI=1S/C16H18N2/c1-17-10-6-5-7-14-11-16(13-18-12-14)15-8-3-2-4-9-15/h2-4,8-13H,5-7H2,1H3. The second kappa shape index (κ2) is 6.70. The second-order valence-electron chi connectivity index (χ2n) is 4.28. The molecule has 0 aliphatic rings. The Balaban J connectivity index is 2.06. The molecule has 0 saturated carbocycles. The fourth-order valence-electron chi connectivity index (χ4n) is 1.94. The quantitative estimate of drug-likeness (QED) is 0.575. The zero-order valence-electron chi connectivity index (χ0n) is 10.7. The number of rotatable bonds is 5. The van der Waals surface area contributed by atoms with Gasteiger partial charge < -0.3 is 4.99 Å². The van der Waals surface area contributed by atoms with Crippen LogP contribution in [0.1, 0.15) is 18.4 Å². The van der Waals surface area contributed by atoms with Crippen molar-refractivity contribution in [3.05, 3.63) is 54.4 Å². The Bertz CT molecular complexity index is 504. The lowest BCUT2D eigenvalue weighted by Gasteiger charge is -2.04. The van der Waals surface area contributed by atoms with E-state index >= 15 is 0 Å². The molecule has 2 heteroatoms. The smallest absolute Gasteiger partial charge is 0.0346 e. The molecule has 1 aromatic heterocycles. The lowest BCUT2D eigenvalue weighted by atomic mass is 10.0. The molecule has 18 heavy (non-hydrogen) atoms. The van der Waals surface area contributed by atoms with Crippen LogP contribution in [0.2, 0.25) is 0 Å². The first-order valence-corrected chi connectivity index (χ1v) is 6.30. The number of hydrogen-bond donors (Lipinski definition) is 0. The summed E-state index contributed by atoms with van der Waals surface area (Å²) in [5.41, 5.74) is 3.71. The van der Waals surface area contributed by atoms with Crippen LogP contribution < -0.4 is 0 Å². The molecule has 0 atom stereocenters. The minimum atomic E-state index is 1.03. The summed E-state index contributed by atoms with van der Waals surface area (Å²) in [5.74, 6) is 0. The van der Waals surface area contributed by atoms with E-state index < -0.39 is 0 Å². The number of unbranched alkanes of at least 4 members (excludes halogenated alkanes) is 1. The van der Waals surface area contributed by atoms with Gasteiger partial charge in [-0.25, -0.2) is 0 Å². The van der Waals surface area contributed by atoms with Crippen LogP contribution in [0.15, 0.2) is 53.8 Å². The van der Waals surface area contributed by atoms with Crippen LogP contribution in [0.25, 0.3) is 11.1 Å². The number of benzene rings is 1. The van der Waals surface area contributed by atoms with Crippen molar-refractivity contribution in [2.45, 2.75) is 19.3 Å². The zero-order chi connectivity index (χ0) is 12.6. The van der Waals surface area contributed by atoms with E-state index in [1.54, 1.807) is 0 Å². The van der Waals surface area contributed by atoms with Crippen LogP contribution >= 0.6 is 0 Å². The van der Waals surface area contributed by atoms with Crippen molar-refractivity contribution in [1.82, 2.24) is 4.98 Å². The lowest BCUT2D eigenvalue weighted by molar-refractivity contribution is 0.868.